The van der Waals surface area contributed by atoms with Gasteiger partial charge in [-0.05, 0) is 19.9 Å². The zero-order valence-corrected chi connectivity index (χ0v) is 8.94. The lowest BCUT2D eigenvalue weighted by Gasteiger charge is -2.30. The summed E-state index contributed by atoms with van der Waals surface area (Å²) in [5.41, 5.74) is 5.71. The maximum absolute atomic E-state index is 5.71. The number of hydrogen-bond acceptors (Lipinski definition) is 3. The Hall–Kier alpha value is 0.270. The molecule has 2 nitrogen and oxygen atoms in total. The van der Waals surface area contributed by atoms with Crippen LogP contribution in [0.5, 0.6) is 0 Å². The molecule has 2 N–H and O–H groups in total. The Morgan fingerprint density at radius 3 is 3.00 bits per heavy atom. The fraction of sp³-hybridized carbons (Fsp3) is 1.00. The van der Waals surface area contributed by atoms with E-state index in [1.165, 1.54) is 25.4 Å². The first-order valence-corrected chi connectivity index (χ1v) is 5.83. The molecule has 0 spiro atoms. The molecule has 1 fully saturated rings. The fourth-order valence-electron chi connectivity index (χ4n) is 1.48. The van der Waals surface area contributed by atoms with Crippen LogP contribution in [0.15, 0.2) is 0 Å². The molecule has 1 aliphatic rings. The molecule has 1 rings (SSSR count). The van der Waals surface area contributed by atoms with E-state index in [2.05, 4.69) is 30.5 Å². The van der Waals surface area contributed by atoms with Gasteiger partial charge in [0.1, 0.15) is 0 Å². The van der Waals surface area contributed by atoms with E-state index in [4.69, 9.17) is 5.73 Å². The molecular weight excluding hydrogens is 168 g/mol. The van der Waals surface area contributed by atoms with E-state index in [0.29, 0.717) is 6.04 Å². The van der Waals surface area contributed by atoms with Crippen molar-refractivity contribution in [1.82, 2.24) is 4.90 Å². The zero-order chi connectivity index (χ0) is 8.97. The number of nitrogens with zero attached hydrogens (tertiary/aromatic N) is 1. The highest BCUT2D eigenvalue weighted by molar-refractivity contribution is 7.99. The molecule has 0 aromatic rings. The summed E-state index contributed by atoms with van der Waals surface area (Å²) in [4.78, 5) is 2.53. The van der Waals surface area contributed by atoms with E-state index in [1.54, 1.807) is 0 Å². The van der Waals surface area contributed by atoms with Crippen molar-refractivity contribution in [3.8, 4) is 0 Å². The second-order valence-corrected chi connectivity index (χ2v) is 5.29. The van der Waals surface area contributed by atoms with E-state index in [-0.39, 0.29) is 0 Å². The van der Waals surface area contributed by atoms with E-state index in [0.717, 1.165) is 11.7 Å². The van der Waals surface area contributed by atoms with Gasteiger partial charge in [0.2, 0.25) is 0 Å². The summed E-state index contributed by atoms with van der Waals surface area (Å²) in [6, 6.07) is 0.356. The number of thioether (sulfide) groups is 1. The molecule has 0 bridgehead atoms. The first-order valence-electron chi connectivity index (χ1n) is 4.78. The highest BCUT2D eigenvalue weighted by Crippen LogP contribution is 2.17. The van der Waals surface area contributed by atoms with Gasteiger partial charge in [-0.2, -0.15) is 11.8 Å². The summed E-state index contributed by atoms with van der Waals surface area (Å²) in [7, 11) is 0. The minimum atomic E-state index is 0.356. The van der Waals surface area contributed by atoms with Crippen molar-refractivity contribution >= 4 is 11.8 Å². The summed E-state index contributed by atoms with van der Waals surface area (Å²) in [6.07, 6.45) is 1.14. The van der Waals surface area contributed by atoms with Crippen LogP contribution >= 0.6 is 11.8 Å². The van der Waals surface area contributed by atoms with Crippen LogP contribution in [0.25, 0.3) is 0 Å². The van der Waals surface area contributed by atoms with Crippen LogP contribution in [-0.2, 0) is 0 Å². The molecule has 1 aliphatic heterocycles. The molecule has 2 unspecified atom stereocenters. The Morgan fingerprint density at radius 2 is 2.42 bits per heavy atom. The van der Waals surface area contributed by atoms with Gasteiger partial charge in [0.25, 0.3) is 0 Å². The lowest BCUT2D eigenvalue weighted by Crippen LogP contribution is -2.38. The average Bonchev–Trinajstić information content (AvgIpc) is 2.01. The SMILES string of the molecule is CC(N)CCN1CCSC(C)C1. The number of nitrogens with two attached hydrogens (primary N) is 1. The van der Waals surface area contributed by atoms with Gasteiger partial charge in [-0.3, -0.25) is 0 Å². The largest absolute Gasteiger partial charge is 0.328 e. The van der Waals surface area contributed by atoms with E-state index in [9.17, 15) is 0 Å². The molecule has 2 atom stereocenters. The van der Waals surface area contributed by atoms with Gasteiger partial charge in [-0.1, -0.05) is 6.92 Å². The Bertz CT molecular complexity index is 128. The molecule has 0 aliphatic carbocycles. The number of hydrogen-bond donors (Lipinski definition) is 1. The van der Waals surface area contributed by atoms with Crippen molar-refractivity contribution in [2.24, 2.45) is 5.73 Å². The normalized spacial score (nSPS) is 28.8. The summed E-state index contributed by atoms with van der Waals surface area (Å²) < 4.78 is 0. The third-order valence-corrected chi connectivity index (χ3v) is 3.36. The second-order valence-electron chi connectivity index (χ2n) is 3.75. The predicted molar refractivity (Wildman–Crippen MR) is 56.6 cm³/mol. The average molecular weight is 188 g/mol. The van der Waals surface area contributed by atoms with Gasteiger partial charge >= 0.3 is 0 Å². The third kappa shape index (κ3) is 3.78. The molecule has 12 heavy (non-hydrogen) atoms. The van der Waals surface area contributed by atoms with Crippen LogP contribution in [0, 0.1) is 0 Å². The van der Waals surface area contributed by atoms with Crippen molar-refractivity contribution in [2.45, 2.75) is 31.6 Å². The summed E-state index contributed by atoms with van der Waals surface area (Å²) in [5.74, 6) is 1.29. The standard InChI is InChI=1S/C9H20N2S/c1-8(10)3-4-11-5-6-12-9(2)7-11/h8-9H,3-7,10H2,1-2H3. The molecule has 1 heterocycles. The van der Waals surface area contributed by atoms with Gasteiger partial charge in [0.05, 0.1) is 0 Å². The van der Waals surface area contributed by atoms with Gasteiger partial charge in [-0.15, -0.1) is 0 Å². The van der Waals surface area contributed by atoms with Crippen LogP contribution in [0.2, 0.25) is 0 Å². The topological polar surface area (TPSA) is 29.3 Å². The lowest BCUT2D eigenvalue weighted by atomic mass is 10.2. The molecule has 0 aromatic heterocycles. The van der Waals surface area contributed by atoms with Crippen LogP contribution in [0.1, 0.15) is 20.3 Å². The molecule has 0 amide bonds. The first kappa shape index (κ1) is 10.4. The van der Waals surface area contributed by atoms with Gasteiger partial charge in [0, 0.05) is 30.1 Å². The molecule has 1 saturated heterocycles. The van der Waals surface area contributed by atoms with Crippen LogP contribution in [0.3, 0.4) is 0 Å². The molecule has 0 radical (unpaired) electrons. The third-order valence-electron chi connectivity index (χ3n) is 2.23. The smallest absolute Gasteiger partial charge is 0.0147 e. The monoisotopic (exact) mass is 188 g/mol. The van der Waals surface area contributed by atoms with E-state index < -0.39 is 0 Å². The van der Waals surface area contributed by atoms with Crippen LogP contribution in [-0.4, -0.2) is 41.6 Å². The van der Waals surface area contributed by atoms with Gasteiger partial charge in [0.15, 0.2) is 0 Å². The highest BCUT2D eigenvalue weighted by atomic mass is 32.2. The summed E-state index contributed by atoms with van der Waals surface area (Å²) >= 11 is 2.08. The summed E-state index contributed by atoms with van der Waals surface area (Å²) in [5, 5.41) is 0.812. The van der Waals surface area contributed by atoms with Gasteiger partial charge in [-0.25, -0.2) is 0 Å². The molecule has 72 valence electrons. The van der Waals surface area contributed by atoms with Crippen molar-refractivity contribution in [3.63, 3.8) is 0 Å². The van der Waals surface area contributed by atoms with Crippen molar-refractivity contribution in [3.05, 3.63) is 0 Å². The highest BCUT2D eigenvalue weighted by Gasteiger charge is 2.15. The Labute approximate surface area is 79.9 Å². The lowest BCUT2D eigenvalue weighted by molar-refractivity contribution is 0.276. The fourth-order valence-corrected chi connectivity index (χ4v) is 2.56. The van der Waals surface area contributed by atoms with Crippen LogP contribution in [0.4, 0.5) is 0 Å². The van der Waals surface area contributed by atoms with E-state index in [1.807, 2.05) is 0 Å². The Balaban J connectivity index is 2.14. The molecule has 3 heteroatoms. The van der Waals surface area contributed by atoms with E-state index >= 15 is 0 Å². The van der Waals surface area contributed by atoms with Crippen molar-refractivity contribution in [1.29, 1.82) is 0 Å². The molecule has 0 aromatic carbocycles. The molecular formula is C9H20N2S. The Morgan fingerprint density at radius 1 is 1.67 bits per heavy atom. The number of rotatable bonds is 3. The van der Waals surface area contributed by atoms with Crippen molar-refractivity contribution < 1.29 is 0 Å². The Kier molecular flexibility index (Phi) is 4.40. The quantitative estimate of drug-likeness (QED) is 0.721. The van der Waals surface area contributed by atoms with Crippen molar-refractivity contribution in [2.75, 3.05) is 25.4 Å². The second kappa shape index (κ2) is 5.10. The maximum atomic E-state index is 5.71. The van der Waals surface area contributed by atoms with Gasteiger partial charge < -0.3 is 10.6 Å². The predicted octanol–water partition coefficient (Wildman–Crippen LogP) is 1.16. The maximum Gasteiger partial charge on any atom is 0.0147 e. The minimum Gasteiger partial charge on any atom is -0.328 e. The zero-order valence-electron chi connectivity index (χ0n) is 8.12. The minimum absolute atomic E-state index is 0.356. The van der Waals surface area contributed by atoms with Crippen LogP contribution < -0.4 is 5.73 Å². The first-order chi connectivity index (χ1) is 5.68. The summed E-state index contributed by atoms with van der Waals surface area (Å²) in [6.45, 7) is 8.08. The molecule has 0 saturated carbocycles.